The van der Waals surface area contributed by atoms with Crippen molar-refractivity contribution in [3.63, 3.8) is 0 Å². The largest absolute Gasteiger partial charge is 0.496 e. The highest BCUT2D eigenvalue weighted by Gasteiger charge is 2.07. The fourth-order valence-electron chi connectivity index (χ4n) is 1.41. The number of carbonyl (C=O) groups is 1. The lowest BCUT2D eigenvalue weighted by atomic mass is 10.1. The van der Waals surface area contributed by atoms with Crippen LogP contribution in [0.5, 0.6) is 5.75 Å². The van der Waals surface area contributed by atoms with Gasteiger partial charge in [-0.3, -0.25) is 4.79 Å². The zero-order valence-electron chi connectivity index (χ0n) is 9.73. The molecule has 17 heavy (non-hydrogen) atoms. The summed E-state index contributed by atoms with van der Waals surface area (Å²) >= 11 is 4.72. The maximum atomic E-state index is 11.6. The molecule has 0 radical (unpaired) electrons. The minimum Gasteiger partial charge on any atom is -0.496 e. The molecule has 0 aliphatic heterocycles. The van der Waals surface area contributed by atoms with Crippen molar-refractivity contribution < 1.29 is 9.53 Å². The molecule has 0 unspecified atom stereocenters. The van der Waals surface area contributed by atoms with Gasteiger partial charge in [0.15, 0.2) is 0 Å². The molecule has 0 heterocycles. The van der Waals surface area contributed by atoms with E-state index < -0.39 is 0 Å². The van der Waals surface area contributed by atoms with Crippen molar-refractivity contribution in [2.75, 3.05) is 13.7 Å². The highest BCUT2D eigenvalue weighted by atomic mass is 32.1. The van der Waals surface area contributed by atoms with Crippen LogP contribution in [0.4, 0.5) is 0 Å². The smallest absolute Gasteiger partial charge is 0.224 e. The Bertz CT molecular complexity index is 407. The van der Waals surface area contributed by atoms with Crippen LogP contribution in [-0.4, -0.2) is 24.6 Å². The molecule has 4 nitrogen and oxygen atoms in total. The Labute approximate surface area is 106 Å². The average Bonchev–Trinajstić information content (AvgIpc) is 2.29. The standard InChI is InChI=1S/C12H16N2O2S/c1-16-10-5-3-2-4-9(10)8-12(15)14-7-6-11(13)17/h2-5H,6-8H2,1H3,(H2,13,17)(H,14,15). The fraction of sp³-hybridized carbons (Fsp3) is 0.333. The number of amides is 1. The molecule has 0 saturated carbocycles. The first-order valence-electron chi connectivity index (χ1n) is 5.30. The Morgan fingerprint density at radius 3 is 2.82 bits per heavy atom. The lowest BCUT2D eigenvalue weighted by Crippen LogP contribution is -2.28. The summed E-state index contributed by atoms with van der Waals surface area (Å²) in [4.78, 5) is 12.0. The van der Waals surface area contributed by atoms with Crippen LogP contribution in [0.3, 0.4) is 0 Å². The maximum Gasteiger partial charge on any atom is 0.224 e. The number of methoxy groups -OCH3 is 1. The molecule has 3 N–H and O–H groups in total. The third-order valence-corrected chi connectivity index (χ3v) is 2.44. The quantitative estimate of drug-likeness (QED) is 0.742. The van der Waals surface area contributed by atoms with Gasteiger partial charge in [-0.25, -0.2) is 0 Å². The second-order valence-electron chi connectivity index (χ2n) is 3.55. The Kier molecular flexibility index (Phi) is 5.42. The van der Waals surface area contributed by atoms with Crippen molar-refractivity contribution in [3.05, 3.63) is 29.8 Å². The number of hydrogen-bond acceptors (Lipinski definition) is 3. The lowest BCUT2D eigenvalue weighted by Gasteiger charge is -2.08. The van der Waals surface area contributed by atoms with E-state index in [2.05, 4.69) is 5.32 Å². The van der Waals surface area contributed by atoms with E-state index in [-0.39, 0.29) is 5.91 Å². The Morgan fingerprint density at radius 1 is 1.47 bits per heavy atom. The topological polar surface area (TPSA) is 64.3 Å². The van der Waals surface area contributed by atoms with Gasteiger partial charge in [0.1, 0.15) is 5.75 Å². The van der Waals surface area contributed by atoms with E-state index in [1.54, 1.807) is 7.11 Å². The van der Waals surface area contributed by atoms with Crippen LogP contribution in [0, 0.1) is 0 Å². The van der Waals surface area contributed by atoms with Gasteiger partial charge in [0, 0.05) is 18.5 Å². The van der Waals surface area contributed by atoms with E-state index in [1.165, 1.54) is 0 Å². The lowest BCUT2D eigenvalue weighted by molar-refractivity contribution is -0.120. The van der Waals surface area contributed by atoms with Gasteiger partial charge in [-0.2, -0.15) is 0 Å². The molecule has 0 aromatic heterocycles. The second-order valence-corrected chi connectivity index (χ2v) is 4.08. The number of ether oxygens (including phenoxy) is 1. The van der Waals surface area contributed by atoms with Crippen molar-refractivity contribution in [1.82, 2.24) is 5.32 Å². The van der Waals surface area contributed by atoms with Gasteiger partial charge in [0.05, 0.1) is 18.5 Å². The van der Waals surface area contributed by atoms with Crippen LogP contribution in [0.15, 0.2) is 24.3 Å². The third-order valence-electron chi connectivity index (χ3n) is 2.24. The molecule has 0 fully saturated rings. The number of carbonyl (C=O) groups excluding carboxylic acids is 1. The molecule has 92 valence electrons. The zero-order valence-corrected chi connectivity index (χ0v) is 10.5. The van der Waals surface area contributed by atoms with Crippen molar-refractivity contribution in [2.45, 2.75) is 12.8 Å². The number of hydrogen-bond donors (Lipinski definition) is 2. The number of nitrogens with one attached hydrogen (secondary N) is 1. The van der Waals surface area contributed by atoms with E-state index in [9.17, 15) is 4.79 Å². The summed E-state index contributed by atoms with van der Waals surface area (Å²) in [5.41, 5.74) is 6.20. The van der Waals surface area contributed by atoms with E-state index in [0.29, 0.717) is 24.4 Å². The molecule has 0 aliphatic carbocycles. The minimum atomic E-state index is -0.0641. The van der Waals surface area contributed by atoms with Crippen LogP contribution in [0.1, 0.15) is 12.0 Å². The summed E-state index contributed by atoms with van der Waals surface area (Å²) in [6.45, 7) is 0.476. The first-order chi connectivity index (χ1) is 8.13. The molecular weight excluding hydrogens is 236 g/mol. The Balaban J connectivity index is 2.47. The highest BCUT2D eigenvalue weighted by Crippen LogP contribution is 2.17. The maximum absolute atomic E-state index is 11.6. The average molecular weight is 252 g/mol. The predicted octanol–water partition coefficient (Wildman–Crippen LogP) is 1.03. The second kappa shape index (κ2) is 6.85. The molecule has 0 bridgehead atoms. The first kappa shape index (κ1) is 13.4. The number of para-hydroxylation sites is 1. The molecule has 0 spiro atoms. The van der Waals surface area contributed by atoms with Crippen LogP contribution >= 0.6 is 12.2 Å². The van der Waals surface area contributed by atoms with Crippen LogP contribution < -0.4 is 15.8 Å². The monoisotopic (exact) mass is 252 g/mol. The number of benzene rings is 1. The van der Waals surface area contributed by atoms with Gasteiger partial charge < -0.3 is 15.8 Å². The van der Waals surface area contributed by atoms with Gasteiger partial charge in [-0.05, 0) is 6.07 Å². The normalized spacial score (nSPS) is 9.71. The molecule has 5 heteroatoms. The SMILES string of the molecule is COc1ccccc1CC(=O)NCCC(N)=S. The molecular formula is C12H16N2O2S. The van der Waals surface area contributed by atoms with Crippen molar-refractivity contribution in [2.24, 2.45) is 5.73 Å². The van der Waals surface area contributed by atoms with Crippen LogP contribution in [0.2, 0.25) is 0 Å². The number of thiocarbonyl (C=S) groups is 1. The molecule has 1 rings (SSSR count). The van der Waals surface area contributed by atoms with E-state index in [1.807, 2.05) is 24.3 Å². The fourth-order valence-corrected chi connectivity index (χ4v) is 1.51. The predicted molar refractivity (Wildman–Crippen MR) is 71.1 cm³/mol. The van der Waals surface area contributed by atoms with Gasteiger partial charge in [0.25, 0.3) is 0 Å². The Hall–Kier alpha value is -1.62. The van der Waals surface area contributed by atoms with E-state index in [4.69, 9.17) is 22.7 Å². The van der Waals surface area contributed by atoms with E-state index in [0.717, 1.165) is 11.3 Å². The summed E-state index contributed by atoms with van der Waals surface area (Å²) in [5.74, 6) is 0.655. The molecule has 0 atom stereocenters. The minimum absolute atomic E-state index is 0.0641. The molecule has 1 amide bonds. The number of rotatable bonds is 6. The zero-order chi connectivity index (χ0) is 12.7. The van der Waals surface area contributed by atoms with Gasteiger partial charge in [-0.1, -0.05) is 30.4 Å². The molecule has 1 aromatic carbocycles. The van der Waals surface area contributed by atoms with Crippen molar-refractivity contribution in [3.8, 4) is 5.75 Å². The summed E-state index contributed by atoms with van der Waals surface area (Å²) in [5, 5.41) is 2.75. The summed E-state index contributed by atoms with van der Waals surface area (Å²) in [6, 6.07) is 7.44. The van der Waals surface area contributed by atoms with Gasteiger partial charge >= 0.3 is 0 Å². The number of nitrogens with two attached hydrogens (primary N) is 1. The van der Waals surface area contributed by atoms with Crippen LogP contribution in [0.25, 0.3) is 0 Å². The molecule has 1 aromatic rings. The Morgan fingerprint density at radius 2 is 2.18 bits per heavy atom. The van der Waals surface area contributed by atoms with Crippen molar-refractivity contribution >= 4 is 23.1 Å². The van der Waals surface area contributed by atoms with Gasteiger partial charge in [-0.15, -0.1) is 0 Å². The highest BCUT2D eigenvalue weighted by molar-refractivity contribution is 7.80. The molecule has 0 saturated heterocycles. The van der Waals surface area contributed by atoms with E-state index >= 15 is 0 Å². The third kappa shape index (κ3) is 4.82. The van der Waals surface area contributed by atoms with Crippen molar-refractivity contribution in [1.29, 1.82) is 0 Å². The summed E-state index contributed by atoms with van der Waals surface area (Å²) < 4.78 is 5.17. The first-order valence-corrected chi connectivity index (χ1v) is 5.71. The summed E-state index contributed by atoms with van der Waals surface area (Å²) in [6.07, 6.45) is 0.814. The molecule has 0 aliphatic rings. The summed E-state index contributed by atoms with van der Waals surface area (Å²) in [7, 11) is 1.59. The van der Waals surface area contributed by atoms with Crippen LogP contribution in [-0.2, 0) is 11.2 Å². The van der Waals surface area contributed by atoms with Gasteiger partial charge in [0.2, 0.25) is 5.91 Å².